The van der Waals surface area contributed by atoms with E-state index in [9.17, 15) is 14.7 Å². The fourth-order valence-electron chi connectivity index (χ4n) is 3.46. The number of hydrogen-bond donors (Lipinski definition) is 2. The highest BCUT2D eigenvalue weighted by Crippen LogP contribution is 2.43. The van der Waals surface area contributed by atoms with Crippen LogP contribution >= 0.6 is 0 Å². The van der Waals surface area contributed by atoms with Gasteiger partial charge in [0.2, 0.25) is 5.88 Å². The summed E-state index contributed by atoms with van der Waals surface area (Å²) in [7, 11) is 2.81. The first-order chi connectivity index (χ1) is 11.6. The Morgan fingerprint density at radius 3 is 2.28 bits per heavy atom. The number of nitrogens with one attached hydrogen (secondary N) is 1. The van der Waals surface area contributed by atoms with Crippen LogP contribution in [-0.4, -0.2) is 30.5 Å². The number of hydrogen-bond acceptors (Lipinski definition) is 4. The van der Waals surface area contributed by atoms with Crippen LogP contribution in [0.3, 0.4) is 0 Å². The molecule has 3 rings (SSSR count). The summed E-state index contributed by atoms with van der Waals surface area (Å²) in [5, 5.41) is 19.2. The van der Waals surface area contributed by atoms with Gasteiger partial charge >= 0.3 is 5.69 Å². The highest BCUT2D eigenvalue weighted by atomic mass is 16.3. The molecule has 0 saturated carbocycles. The zero-order valence-corrected chi connectivity index (χ0v) is 15.0. The largest absolute Gasteiger partial charge is 0.494 e. The molecular weight excluding hydrogens is 320 g/mol. The molecule has 132 valence electrons. The molecule has 0 bridgehead atoms. The van der Waals surface area contributed by atoms with Crippen LogP contribution in [-0.2, 0) is 14.1 Å². The van der Waals surface area contributed by atoms with Crippen LogP contribution in [0.25, 0.3) is 0 Å². The number of rotatable bonds is 1. The molecule has 25 heavy (non-hydrogen) atoms. The Morgan fingerprint density at radius 2 is 1.68 bits per heavy atom. The maximum absolute atomic E-state index is 12.8. The third kappa shape index (κ3) is 2.30. The van der Waals surface area contributed by atoms with Gasteiger partial charge in [-0.1, -0.05) is 24.3 Å². The van der Waals surface area contributed by atoms with Gasteiger partial charge in [-0.3, -0.25) is 19.3 Å². The van der Waals surface area contributed by atoms with E-state index in [-0.39, 0.29) is 11.4 Å². The summed E-state index contributed by atoms with van der Waals surface area (Å²) < 4.78 is 2.04. The minimum Gasteiger partial charge on any atom is -0.494 e. The van der Waals surface area contributed by atoms with E-state index < -0.39 is 22.8 Å². The summed E-state index contributed by atoms with van der Waals surface area (Å²) in [6, 6.07) is 6.74. The van der Waals surface area contributed by atoms with Gasteiger partial charge in [0.05, 0.1) is 6.04 Å². The Labute approximate surface area is 145 Å². The fourth-order valence-corrected chi connectivity index (χ4v) is 3.46. The van der Waals surface area contributed by atoms with Crippen molar-refractivity contribution in [3.8, 4) is 5.88 Å². The molecule has 2 heterocycles. The molecule has 1 unspecified atom stereocenters. The van der Waals surface area contributed by atoms with Crippen LogP contribution in [0, 0.1) is 5.41 Å². The lowest BCUT2D eigenvalue weighted by Gasteiger charge is -2.39. The van der Waals surface area contributed by atoms with Gasteiger partial charge in [0.25, 0.3) is 5.56 Å². The van der Waals surface area contributed by atoms with Crippen LogP contribution in [0.15, 0.2) is 33.9 Å². The van der Waals surface area contributed by atoms with E-state index in [1.165, 1.54) is 14.1 Å². The zero-order valence-electron chi connectivity index (χ0n) is 15.0. The second kappa shape index (κ2) is 5.34. The minimum atomic E-state index is -0.630. The van der Waals surface area contributed by atoms with Crippen LogP contribution in [0.1, 0.15) is 43.5 Å². The average molecular weight is 342 g/mol. The smallest absolute Gasteiger partial charge is 0.333 e. The molecule has 1 atom stereocenters. The first kappa shape index (κ1) is 17.0. The van der Waals surface area contributed by atoms with Gasteiger partial charge in [-0.2, -0.15) is 0 Å². The molecule has 2 aromatic rings. The van der Waals surface area contributed by atoms with E-state index in [0.29, 0.717) is 5.84 Å². The molecule has 1 aromatic heterocycles. The van der Waals surface area contributed by atoms with Crippen LogP contribution < -0.4 is 11.2 Å². The van der Waals surface area contributed by atoms with E-state index in [0.717, 1.165) is 20.3 Å². The Hall–Kier alpha value is -2.83. The molecule has 1 aliphatic heterocycles. The quantitative estimate of drug-likeness (QED) is 0.818. The van der Waals surface area contributed by atoms with Gasteiger partial charge in [0.1, 0.15) is 11.4 Å². The van der Waals surface area contributed by atoms with E-state index in [2.05, 4.69) is 0 Å². The summed E-state index contributed by atoms with van der Waals surface area (Å²) in [5.74, 6) is -0.0692. The third-order valence-electron chi connectivity index (χ3n) is 4.67. The minimum absolute atomic E-state index is 0.106. The Bertz CT molecular complexity index is 995. The molecule has 1 aromatic carbocycles. The normalized spacial score (nSPS) is 17.1. The number of aromatic hydroxyl groups is 1. The van der Waals surface area contributed by atoms with Crippen LogP contribution in [0.2, 0.25) is 0 Å². The molecule has 0 spiro atoms. The summed E-state index contributed by atoms with van der Waals surface area (Å²) in [6.07, 6.45) is 0. The molecule has 1 aliphatic rings. The van der Waals surface area contributed by atoms with Crippen LogP contribution in [0.5, 0.6) is 5.88 Å². The molecular formula is C18H22N4O3. The van der Waals surface area contributed by atoms with Crippen molar-refractivity contribution in [3.63, 3.8) is 0 Å². The maximum Gasteiger partial charge on any atom is 0.333 e. The van der Waals surface area contributed by atoms with Crippen molar-refractivity contribution in [1.29, 1.82) is 5.41 Å². The number of aromatic nitrogens is 2. The average Bonchev–Trinajstić information content (AvgIpc) is 2.85. The van der Waals surface area contributed by atoms with E-state index >= 15 is 0 Å². The number of nitrogens with zero attached hydrogens (tertiary/aromatic N) is 3. The van der Waals surface area contributed by atoms with Gasteiger partial charge < -0.3 is 10.0 Å². The lowest BCUT2D eigenvalue weighted by molar-refractivity contribution is 0.201. The van der Waals surface area contributed by atoms with Gasteiger partial charge in [0.15, 0.2) is 0 Å². The predicted octanol–water partition coefficient (Wildman–Crippen LogP) is 1.32. The Balaban J connectivity index is 2.41. The maximum atomic E-state index is 12.8. The van der Waals surface area contributed by atoms with Crippen LogP contribution in [0.4, 0.5) is 0 Å². The van der Waals surface area contributed by atoms with Gasteiger partial charge in [0, 0.05) is 25.2 Å². The van der Waals surface area contributed by atoms with Crippen molar-refractivity contribution in [2.75, 3.05) is 0 Å². The van der Waals surface area contributed by atoms with Crippen molar-refractivity contribution >= 4 is 5.84 Å². The summed E-state index contributed by atoms with van der Waals surface area (Å²) in [4.78, 5) is 26.7. The van der Waals surface area contributed by atoms with Crippen molar-refractivity contribution in [1.82, 2.24) is 14.0 Å². The predicted molar refractivity (Wildman–Crippen MR) is 95.3 cm³/mol. The first-order valence-corrected chi connectivity index (χ1v) is 8.03. The molecule has 0 saturated heterocycles. The molecule has 0 fully saturated rings. The summed E-state index contributed by atoms with van der Waals surface area (Å²) in [5.41, 5.74) is -0.00729. The monoisotopic (exact) mass is 342 g/mol. The highest BCUT2D eigenvalue weighted by Gasteiger charge is 2.43. The number of benzene rings is 1. The molecule has 7 heteroatoms. The van der Waals surface area contributed by atoms with Gasteiger partial charge in [-0.25, -0.2) is 4.79 Å². The molecule has 7 nitrogen and oxygen atoms in total. The summed E-state index contributed by atoms with van der Waals surface area (Å²) >= 11 is 0. The van der Waals surface area contributed by atoms with Gasteiger partial charge in [-0.05, 0) is 26.3 Å². The second-order valence-electron chi connectivity index (χ2n) is 7.32. The third-order valence-corrected chi connectivity index (χ3v) is 4.67. The number of fused-ring (bicyclic) bond motifs is 1. The molecule has 0 aliphatic carbocycles. The molecule has 0 amide bonds. The van der Waals surface area contributed by atoms with E-state index in [4.69, 9.17) is 5.41 Å². The van der Waals surface area contributed by atoms with Crippen molar-refractivity contribution in [2.45, 2.75) is 32.4 Å². The zero-order chi connectivity index (χ0) is 18.7. The molecule has 2 N–H and O–H groups in total. The van der Waals surface area contributed by atoms with Crippen molar-refractivity contribution in [2.24, 2.45) is 14.1 Å². The highest BCUT2D eigenvalue weighted by molar-refractivity contribution is 6.02. The Kier molecular flexibility index (Phi) is 3.63. The standard InChI is InChI=1S/C18H22N4O3/c1-18(2,3)22-13(10-8-6-7-9-11(10)14(22)19)12-15(23)20(4)17(25)21(5)16(12)24/h6-9,13,19,23H,1-5H3. The lowest BCUT2D eigenvalue weighted by atomic mass is 9.96. The topological polar surface area (TPSA) is 91.3 Å². The van der Waals surface area contributed by atoms with Crippen molar-refractivity contribution in [3.05, 3.63) is 61.8 Å². The summed E-state index contributed by atoms with van der Waals surface area (Å²) in [6.45, 7) is 5.84. The first-order valence-electron chi connectivity index (χ1n) is 8.03. The second-order valence-corrected chi connectivity index (χ2v) is 7.32. The SMILES string of the molecule is Cn1c(O)c(C2c3ccccc3C(=N)N2C(C)(C)C)c(=O)n(C)c1=O. The fraction of sp³-hybridized carbons (Fsp3) is 0.389. The van der Waals surface area contributed by atoms with Gasteiger partial charge in [-0.15, -0.1) is 0 Å². The van der Waals surface area contributed by atoms with E-state index in [1.54, 1.807) is 4.90 Å². The Morgan fingerprint density at radius 1 is 1.08 bits per heavy atom. The van der Waals surface area contributed by atoms with E-state index in [1.807, 2.05) is 45.0 Å². The van der Waals surface area contributed by atoms with Crippen molar-refractivity contribution < 1.29 is 5.11 Å². The molecule has 0 radical (unpaired) electrons. The number of amidine groups is 1. The lowest BCUT2D eigenvalue weighted by Crippen LogP contribution is -2.47.